The van der Waals surface area contributed by atoms with E-state index in [2.05, 4.69) is 10.6 Å². The second kappa shape index (κ2) is 8.93. The monoisotopic (exact) mass is 451 g/mol. The van der Waals surface area contributed by atoms with E-state index in [9.17, 15) is 24.3 Å². The standard InChI is InChI=1S/C24H25N3O6/c1-13(2)19(26-21(28)14-7-4-3-5-8-14)22(29)25-16-12-33-18-10-6-9-15-11-17(24(31)32)27(20(15)18)23(16)30/h3-10,13,16-17,19H,11-12H2,1-2H3,(H,25,29)(H,26,28)(H,31,32)/t16-,17-,19-/m0/s1. The molecule has 0 spiro atoms. The minimum Gasteiger partial charge on any atom is -0.489 e. The molecule has 172 valence electrons. The van der Waals surface area contributed by atoms with Gasteiger partial charge in [0.05, 0.1) is 5.69 Å². The lowest BCUT2D eigenvalue weighted by atomic mass is 10.0. The fourth-order valence-electron chi connectivity index (χ4n) is 4.17. The molecule has 0 saturated carbocycles. The summed E-state index contributed by atoms with van der Waals surface area (Å²) in [7, 11) is 0. The number of ether oxygens (including phenoxy) is 1. The summed E-state index contributed by atoms with van der Waals surface area (Å²) in [5.41, 5.74) is 1.55. The largest absolute Gasteiger partial charge is 0.489 e. The molecule has 0 radical (unpaired) electrons. The molecule has 0 aromatic heterocycles. The van der Waals surface area contributed by atoms with Crippen molar-refractivity contribution in [2.24, 2.45) is 5.92 Å². The molecule has 2 aromatic carbocycles. The Kier molecular flexibility index (Phi) is 6.04. The van der Waals surface area contributed by atoms with Crippen molar-refractivity contribution in [1.82, 2.24) is 10.6 Å². The molecule has 0 aliphatic carbocycles. The molecule has 2 heterocycles. The predicted octanol–water partition coefficient (Wildman–Crippen LogP) is 1.36. The number of nitrogens with zero attached hydrogens (tertiary/aromatic N) is 1. The summed E-state index contributed by atoms with van der Waals surface area (Å²) < 4.78 is 5.78. The van der Waals surface area contributed by atoms with Gasteiger partial charge in [0.1, 0.15) is 30.5 Å². The van der Waals surface area contributed by atoms with Gasteiger partial charge < -0.3 is 20.5 Å². The van der Waals surface area contributed by atoms with E-state index >= 15 is 0 Å². The van der Waals surface area contributed by atoms with Crippen LogP contribution in [0.4, 0.5) is 5.69 Å². The van der Waals surface area contributed by atoms with Gasteiger partial charge in [-0.05, 0) is 29.7 Å². The Balaban J connectivity index is 1.54. The smallest absolute Gasteiger partial charge is 0.327 e. The third-order valence-electron chi connectivity index (χ3n) is 5.86. The molecule has 3 N–H and O–H groups in total. The summed E-state index contributed by atoms with van der Waals surface area (Å²) in [6, 6.07) is 10.6. The topological polar surface area (TPSA) is 125 Å². The molecular formula is C24H25N3O6. The van der Waals surface area contributed by atoms with Crippen LogP contribution in [-0.2, 0) is 20.8 Å². The summed E-state index contributed by atoms with van der Waals surface area (Å²) in [5.74, 6) is -2.51. The van der Waals surface area contributed by atoms with Crippen molar-refractivity contribution in [3.63, 3.8) is 0 Å². The first-order valence-corrected chi connectivity index (χ1v) is 10.7. The Morgan fingerprint density at radius 3 is 2.48 bits per heavy atom. The second-order valence-electron chi connectivity index (χ2n) is 8.46. The van der Waals surface area contributed by atoms with Crippen LogP contribution in [0.2, 0.25) is 0 Å². The summed E-state index contributed by atoms with van der Waals surface area (Å²) >= 11 is 0. The van der Waals surface area contributed by atoms with Crippen molar-refractivity contribution in [1.29, 1.82) is 0 Å². The Hall–Kier alpha value is -3.88. The highest BCUT2D eigenvalue weighted by Crippen LogP contribution is 2.42. The zero-order valence-electron chi connectivity index (χ0n) is 18.3. The van der Waals surface area contributed by atoms with E-state index in [0.717, 1.165) is 0 Å². The van der Waals surface area contributed by atoms with E-state index < -0.39 is 41.8 Å². The fourth-order valence-corrected chi connectivity index (χ4v) is 4.17. The Morgan fingerprint density at radius 1 is 1.09 bits per heavy atom. The van der Waals surface area contributed by atoms with Gasteiger partial charge in [-0.1, -0.05) is 44.2 Å². The van der Waals surface area contributed by atoms with E-state index in [0.29, 0.717) is 22.6 Å². The normalized spacial score (nSPS) is 19.8. The maximum absolute atomic E-state index is 13.3. The molecule has 3 amide bonds. The highest BCUT2D eigenvalue weighted by atomic mass is 16.5. The van der Waals surface area contributed by atoms with Crippen molar-refractivity contribution in [2.45, 2.75) is 38.4 Å². The number of rotatable bonds is 6. The van der Waals surface area contributed by atoms with E-state index in [1.165, 1.54) is 4.90 Å². The highest BCUT2D eigenvalue weighted by molar-refractivity contribution is 6.07. The molecule has 33 heavy (non-hydrogen) atoms. The minimum absolute atomic E-state index is 0.151. The first-order valence-electron chi connectivity index (χ1n) is 10.7. The summed E-state index contributed by atoms with van der Waals surface area (Å²) in [4.78, 5) is 52.1. The molecule has 3 atom stereocenters. The van der Waals surface area contributed by atoms with Crippen molar-refractivity contribution < 1.29 is 29.0 Å². The number of anilines is 1. The molecule has 0 unspecified atom stereocenters. The zero-order valence-corrected chi connectivity index (χ0v) is 18.3. The molecule has 0 saturated heterocycles. The van der Waals surface area contributed by atoms with Crippen molar-refractivity contribution in [2.75, 3.05) is 11.5 Å². The van der Waals surface area contributed by atoms with Gasteiger partial charge in [-0.15, -0.1) is 0 Å². The number of nitrogens with one attached hydrogen (secondary N) is 2. The van der Waals surface area contributed by atoms with Crippen LogP contribution in [0.5, 0.6) is 5.75 Å². The van der Waals surface area contributed by atoms with Crippen molar-refractivity contribution in [3.05, 3.63) is 59.7 Å². The molecule has 0 bridgehead atoms. The van der Waals surface area contributed by atoms with Gasteiger partial charge in [-0.3, -0.25) is 19.3 Å². The predicted molar refractivity (Wildman–Crippen MR) is 119 cm³/mol. The van der Waals surface area contributed by atoms with Gasteiger partial charge in [-0.2, -0.15) is 0 Å². The summed E-state index contributed by atoms with van der Waals surface area (Å²) in [6.45, 7) is 3.41. The van der Waals surface area contributed by atoms with Gasteiger partial charge in [0.25, 0.3) is 11.8 Å². The van der Waals surface area contributed by atoms with Crippen molar-refractivity contribution in [3.8, 4) is 5.75 Å². The zero-order chi connectivity index (χ0) is 23.7. The average molecular weight is 451 g/mol. The number of carbonyl (C=O) groups is 4. The highest BCUT2D eigenvalue weighted by Gasteiger charge is 2.45. The molecule has 2 aliphatic rings. The van der Waals surface area contributed by atoms with Crippen LogP contribution in [0.15, 0.2) is 48.5 Å². The summed E-state index contributed by atoms with van der Waals surface area (Å²) in [6.07, 6.45) is 0.163. The molecule has 2 aromatic rings. The lowest BCUT2D eigenvalue weighted by Gasteiger charge is -2.27. The first kappa shape index (κ1) is 22.3. The number of amides is 3. The number of benzene rings is 2. The molecule has 9 heteroatoms. The van der Waals surface area contributed by atoms with E-state index in [1.807, 2.05) is 0 Å². The number of aliphatic carboxylic acids is 1. The Bertz CT molecular complexity index is 1100. The average Bonchev–Trinajstić information content (AvgIpc) is 3.14. The third-order valence-corrected chi connectivity index (χ3v) is 5.86. The van der Waals surface area contributed by atoms with Crippen molar-refractivity contribution >= 4 is 29.4 Å². The van der Waals surface area contributed by atoms with Crippen LogP contribution in [0.1, 0.15) is 29.8 Å². The molecule has 2 aliphatic heterocycles. The molecular weight excluding hydrogens is 426 g/mol. The molecule has 9 nitrogen and oxygen atoms in total. The third kappa shape index (κ3) is 4.26. The Labute approximate surface area is 190 Å². The number of para-hydroxylation sites is 1. The van der Waals surface area contributed by atoms with Crippen LogP contribution in [-0.4, -0.2) is 53.5 Å². The van der Waals surface area contributed by atoms with Crippen LogP contribution in [0.3, 0.4) is 0 Å². The lowest BCUT2D eigenvalue weighted by Crippen LogP contribution is -2.58. The van der Waals surface area contributed by atoms with Crippen LogP contribution >= 0.6 is 0 Å². The molecule has 0 fully saturated rings. The first-order chi connectivity index (χ1) is 15.8. The maximum atomic E-state index is 13.3. The second-order valence-corrected chi connectivity index (χ2v) is 8.46. The lowest BCUT2D eigenvalue weighted by molar-refractivity contribution is -0.140. The Morgan fingerprint density at radius 2 is 1.82 bits per heavy atom. The number of hydrogen-bond donors (Lipinski definition) is 3. The van der Waals surface area contributed by atoms with E-state index in [1.54, 1.807) is 62.4 Å². The number of carboxylic acids is 1. The summed E-state index contributed by atoms with van der Waals surface area (Å²) in [5, 5.41) is 15.1. The van der Waals surface area contributed by atoms with Gasteiger partial charge in [-0.25, -0.2) is 4.79 Å². The van der Waals surface area contributed by atoms with E-state index in [4.69, 9.17) is 4.74 Å². The minimum atomic E-state index is -1.13. The maximum Gasteiger partial charge on any atom is 0.327 e. The molecule has 4 rings (SSSR count). The van der Waals surface area contributed by atoms with Gasteiger partial charge >= 0.3 is 5.97 Å². The van der Waals surface area contributed by atoms with E-state index in [-0.39, 0.29) is 18.9 Å². The quantitative estimate of drug-likeness (QED) is 0.609. The fraction of sp³-hybridized carbons (Fsp3) is 0.333. The van der Waals surface area contributed by atoms with Gasteiger partial charge in [0.2, 0.25) is 5.91 Å². The number of carbonyl (C=O) groups excluding carboxylic acids is 3. The van der Waals surface area contributed by atoms with Gasteiger partial charge in [0.15, 0.2) is 0 Å². The van der Waals surface area contributed by atoms with Crippen LogP contribution < -0.4 is 20.3 Å². The SMILES string of the molecule is CC(C)[C@H](NC(=O)c1ccccc1)C(=O)N[C@H]1COc2cccc3c2N(C1=O)[C@H](C(=O)O)C3. The number of carboxylic acid groups (broad SMARTS) is 1. The van der Waals surface area contributed by atoms with Crippen LogP contribution in [0.25, 0.3) is 0 Å². The van der Waals surface area contributed by atoms with Gasteiger partial charge in [0, 0.05) is 12.0 Å². The van der Waals surface area contributed by atoms with Crippen LogP contribution in [0, 0.1) is 5.92 Å². The number of hydrogen-bond acceptors (Lipinski definition) is 5.